The van der Waals surface area contributed by atoms with Gasteiger partial charge in [-0.05, 0) is 43.6 Å². The molecular formula is C42H48N10O6S2. The Morgan fingerprint density at radius 2 is 1.08 bits per heavy atom. The molecule has 6 heterocycles. The summed E-state index contributed by atoms with van der Waals surface area (Å²) in [5.74, 6) is 0.817. The number of nitrogens with zero attached hydrogens (tertiary/aromatic N) is 6. The van der Waals surface area contributed by atoms with Crippen LogP contribution in [0.5, 0.6) is 0 Å². The van der Waals surface area contributed by atoms with E-state index in [1.165, 1.54) is 14.2 Å². The molecular weight excluding hydrogens is 805 g/mol. The van der Waals surface area contributed by atoms with Crippen molar-refractivity contribution < 1.29 is 28.7 Å². The fourth-order valence-corrected chi connectivity index (χ4v) is 10.1. The van der Waals surface area contributed by atoms with Gasteiger partial charge in [0, 0.05) is 35.3 Å². The van der Waals surface area contributed by atoms with E-state index in [0.29, 0.717) is 24.7 Å². The van der Waals surface area contributed by atoms with Gasteiger partial charge in [-0.2, -0.15) is 0 Å². The van der Waals surface area contributed by atoms with E-state index in [2.05, 4.69) is 38.8 Å². The summed E-state index contributed by atoms with van der Waals surface area (Å²) in [6.07, 6.45) is 5.49. The Hall–Kier alpha value is -5.88. The molecule has 8 rings (SSSR count). The van der Waals surface area contributed by atoms with Crippen LogP contribution in [0.25, 0.3) is 54.1 Å². The number of H-pyrrole nitrogens is 2. The van der Waals surface area contributed by atoms with Crippen LogP contribution in [-0.4, -0.2) is 103 Å². The van der Waals surface area contributed by atoms with Gasteiger partial charge in [-0.15, -0.1) is 22.7 Å². The number of hydrogen-bond donors (Lipinski definition) is 4. The second kappa shape index (κ2) is 17.0. The maximum atomic E-state index is 13.7. The Balaban J connectivity index is 1.05. The van der Waals surface area contributed by atoms with Crippen LogP contribution in [0.2, 0.25) is 0 Å². The zero-order valence-electron chi connectivity index (χ0n) is 34.3. The van der Waals surface area contributed by atoms with Crippen LogP contribution in [0, 0.1) is 11.8 Å². The van der Waals surface area contributed by atoms with Gasteiger partial charge in [-0.25, -0.2) is 29.5 Å². The number of carbonyl (C=O) groups is 4. The number of carbonyl (C=O) groups excluding carboxylic acids is 4. The number of likely N-dealkylation sites (tertiary alicyclic amines) is 2. The van der Waals surface area contributed by atoms with Gasteiger partial charge < -0.3 is 39.9 Å². The largest absolute Gasteiger partial charge is 0.453 e. The van der Waals surface area contributed by atoms with Crippen molar-refractivity contribution in [3.63, 3.8) is 0 Å². The first-order valence-corrected chi connectivity index (χ1v) is 21.9. The van der Waals surface area contributed by atoms with Crippen LogP contribution in [-0.2, 0) is 19.1 Å². The molecule has 4 atom stereocenters. The average Bonchev–Trinajstić information content (AvgIpc) is 4.10. The molecule has 4 aromatic heterocycles. The van der Waals surface area contributed by atoms with E-state index in [9.17, 15) is 19.2 Å². The van der Waals surface area contributed by atoms with E-state index in [0.717, 1.165) is 79.8 Å². The monoisotopic (exact) mass is 852 g/mol. The first kappa shape index (κ1) is 40.9. The third-order valence-electron chi connectivity index (χ3n) is 11.5. The molecule has 2 saturated heterocycles. The number of ether oxygens (including phenoxy) is 2. The van der Waals surface area contributed by atoms with Crippen molar-refractivity contribution in [2.45, 2.75) is 77.5 Å². The summed E-state index contributed by atoms with van der Waals surface area (Å²) in [6.45, 7) is 8.73. The zero-order valence-corrected chi connectivity index (χ0v) is 35.9. The lowest BCUT2D eigenvalue weighted by molar-refractivity contribution is -0.136. The van der Waals surface area contributed by atoms with E-state index in [1.54, 1.807) is 33.8 Å². The number of alkyl carbamates (subject to hydrolysis) is 2. The second-order valence-corrected chi connectivity index (χ2v) is 17.5. The number of aromatic nitrogens is 6. The molecule has 4 amide bonds. The lowest BCUT2D eigenvalue weighted by atomic mass is 9.99. The number of imidazole rings is 2. The minimum absolute atomic E-state index is 0.127. The van der Waals surface area contributed by atoms with Gasteiger partial charge in [-0.3, -0.25) is 9.59 Å². The number of fused-ring (bicyclic) bond motifs is 2. The van der Waals surface area contributed by atoms with E-state index in [4.69, 9.17) is 29.4 Å². The van der Waals surface area contributed by atoms with E-state index >= 15 is 0 Å². The Kier molecular flexibility index (Phi) is 11.6. The summed E-state index contributed by atoms with van der Waals surface area (Å²) in [7, 11) is 2.58. The van der Waals surface area contributed by atoms with Crippen molar-refractivity contribution in [1.29, 1.82) is 0 Å². The third-order valence-corrected chi connectivity index (χ3v) is 13.2. The predicted molar refractivity (Wildman–Crippen MR) is 229 cm³/mol. The minimum atomic E-state index is -0.716. The molecule has 2 aliphatic rings. The second-order valence-electron chi connectivity index (χ2n) is 15.8. The van der Waals surface area contributed by atoms with Crippen LogP contribution in [0.3, 0.4) is 0 Å². The molecule has 6 aromatic rings. The SMILES string of the molecule is COC(=O)NC(C(=O)N1CCCC1c1ncc(-c2ccc(-c3ccc(-c4cnc(C5CCCN5C(=O)C(NC(=O)OC)C(C)C)[nH]4)c4scnc34)c3scnc23)[nH]1)C(C)C. The molecule has 0 radical (unpaired) electrons. The maximum absolute atomic E-state index is 13.7. The summed E-state index contributed by atoms with van der Waals surface area (Å²) < 4.78 is 11.6. The topological polar surface area (TPSA) is 200 Å². The molecule has 16 nitrogen and oxygen atoms in total. The molecule has 0 aliphatic carbocycles. The molecule has 314 valence electrons. The molecule has 0 saturated carbocycles. The molecule has 0 spiro atoms. The van der Waals surface area contributed by atoms with Crippen molar-refractivity contribution >= 4 is 67.1 Å². The summed E-state index contributed by atoms with van der Waals surface area (Å²) in [4.78, 5) is 81.4. The van der Waals surface area contributed by atoms with Gasteiger partial charge in [0.2, 0.25) is 11.8 Å². The zero-order chi connectivity index (χ0) is 42.2. The Labute approximate surface area is 354 Å². The number of benzene rings is 2. The Bertz CT molecular complexity index is 2380. The van der Waals surface area contributed by atoms with E-state index in [-0.39, 0.29) is 35.7 Å². The minimum Gasteiger partial charge on any atom is -0.453 e. The molecule has 0 bridgehead atoms. The van der Waals surface area contributed by atoms with Gasteiger partial charge >= 0.3 is 12.2 Å². The van der Waals surface area contributed by atoms with Gasteiger partial charge in [-0.1, -0.05) is 45.9 Å². The van der Waals surface area contributed by atoms with Crippen molar-refractivity contribution in [2.24, 2.45) is 11.8 Å². The number of rotatable bonds is 11. The van der Waals surface area contributed by atoms with Crippen molar-refractivity contribution in [2.75, 3.05) is 27.3 Å². The molecule has 2 aromatic carbocycles. The standard InChI is InChI=1S/C42H48N10O6S2/c1-21(2)31(49-41(55)57-5)39(53)51-15-7-9-29(51)37-43-17-27(47-37)25-13-12-24(35-34(25)46-20-59-35)23-11-14-26(36-33(23)45-19-60-36)28-18-44-38(48-28)30-10-8-16-52(30)40(54)32(22(3)4)50-42(56)58-6/h11-14,17-22,29-32H,7-10,15-16H2,1-6H3,(H,43,47)(H,44,48)(H,49,55)(H,50,56). The first-order valence-electron chi connectivity index (χ1n) is 20.1. The molecule has 4 unspecified atom stereocenters. The Morgan fingerprint density at radius 1 is 0.650 bits per heavy atom. The predicted octanol–water partition coefficient (Wildman–Crippen LogP) is 7.44. The summed E-state index contributed by atoms with van der Waals surface area (Å²) in [6, 6.07) is 6.38. The van der Waals surface area contributed by atoms with Crippen molar-refractivity contribution in [3.8, 4) is 33.6 Å². The lowest BCUT2D eigenvalue weighted by Gasteiger charge is -2.30. The Morgan fingerprint density at radius 3 is 1.58 bits per heavy atom. The van der Waals surface area contributed by atoms with Crippen LogP contribution in [0.4, 0.5) is 9.59 Å². The fourth-order valence-electron chi connectivity index (χ4n) is 8.43. The maximum Gasteiger partial charge on any atom is 0.407 e. The number of aromatic amines is 2. The van der Waals surface area contributed by atoms with Crippen LogP contribution in [0.15, 0.2) is 47.7 Å². The lowest BCUT2D eigenvalue weighted by Crippen LogP contribution is -2.51. The van der Waals surface area contributed by atoms with Crippen molar-refractivity contribution in [1.82, 2.24) is 50.3 Å². The number of amides is 4. The van der Waals surface area contributed by atoms with Gasteiger partial charge in [0.15, 0.2) is 0 Å². The number of nitrogens with one attached hydrogen (secondary N) is 4. The number of hydrogen-bond acceptors (Lipinski definition) is 12. The molecule has 2 aliphatic heterocycles. The van der Waals surface area contributed by atoms with Gasteiger partial charge in [0.25, 0.3) is 0 Å². The number of methoxy groups -OCH3 is 2. The number of thiazole rings is 2. The molecule has 60 heavy (non-hydrogen) atoms. The quantitative estimate of drug-likeness (QED) is 0.102. The highest BCUT2D eigenvalue weighted by Crippen LogP contribution is 2.43. The highest BCUT2D eigenvalue weighted by atomic mass is 32.1. The normalized spacial score (nSPS) is 17.8. The van der Waals surface area contributed by atoms with Crippen LogP contribution >= 0.6 is 22.7 Å². The van der Waals surface area contributed by atoms with E-state index in [1.807, 2.05) is 55.9 Å². The molecule has 4 N–H and O–H groups in total. The first-order chi connectivity index (χ1) is 29.0. The van der Waals surface area contributed by atoms with Crippen molar-refractivity contribution in [3.05, 3.63) is 59.3 Å². The van der Waals surface area contributed by atoms with Crippen LogP contribution in [0.1, 0.15) is 77.1 Å². The molecule has 18 heteroatoms. The summed E-state index contributed by atoms with van der Waals surface area (Å²) in [5.41, 5.74) is 10.9. The van der Waals surface area contributed by atoms with Gasteiger partial charge in [0.1, 0.15) is 23.7 Å². The average molecular weight is 853 g/mol. The highest BCUT2D eigenvalue weighted by molar-refractivity contribution is 7.18. The summed E-state index contributed by atoms with van der Waals surface area (Å²) >= 11 is 3.12. The highest BCUT2D eigenvalue weighted by Gasteiger charge is 2.39. The third kappa shape index (κ3) is 7.57. The van der Waals surface area contributed by atoms with E-state index < -0.39 is 24.3 Å². The fraction of sp³-hybridized carbons (Fsp3) is 0.429. The molecule has 2 fully saturated rings. The smallest absolute Gasteiger partial charge is 0.407 e. The van der Waals surface area contributed by atoms with Crippen LogP contribution < -0.4 is 10.6 Å². The van der Waals surface area contributed by atoms with Gasteiger partial charge in [0.05, 0.1) is 81.5 Å². The summed E-state index contributed by atoms with van der Waals surface area (Å²) in [5, 5.41) is 5.42.